The molecule has 44 heavy (non-hydrogen) atoms. The number of carbonyl (C=O) groups excluding carboxylic acids is 3. The summed E-state index contributed by atoms with van der Waals surface area (Å²) in [4.78, 5) is 39.2. The lowest BCUT2D eigenvalue weighted by Crippen LogP contribution is -2.30. The van der Waals surface area contributed by atoms with Gasteiger partial charge < -0.3 is 24.8 Å². The second-order valence-corrected chi connectivity index (χ2v) is 10.1. The van der Waals surface area contributed by atoms with Crippen LogP contribution in [0.3, 0.4) is 0 Å². The first kappa shape index (κ1) is 31.9. The number of ketones is 1. The number of benzene rings is 4. The van der Waals surface area contributed by atoms with Crippen LogP contribution >= 0.6 is 23.2 Å². The van der Waals surface area contributed by atoms with Gasteiger partial charge >= 0.3 is 0 Å². The fourth-order valence-electron chi connectivity index (χ4n) is 4.11. The molecule has 224 valence electrons. The molecule has 0 atom stereocenters. The lowest BCUT2D eigenvalue weighted by Gasteiger charge is -2.14. The summed E-state index contributed by atoms with van der Waals surface area (Å²) in [6, 6.07) is 23.1. The first-order valence-corrected chi connectivity index (χ1v) is 13.9. The molecule has 0 saturated heterocycles. The third-order valence-corrected chi connectivity index (χ3v) is 6.89. The van der Waals surface area contributed by atoms with Crippen LogP contribution in [0.1, 0.15) is 31.8 Å². The number of ether oxygens (including phenoxy) is 3. The van der Waals surface area contributed by atoms with Crippen molar-refractivity contribution < 1.29 is 28.6 Å². The van der Waals surface area contributed by atoms with Gasteiger partial charge in [0.25, 0.3) is 11.8 Å². The van der Waals surface area contributed by atoms with Crippen LogP contribution in [0.2, 0.25) is 10.0 Å². The maximum absolute atomic E-state index is 13.5. The molecule has 2 N–H and O–H groups in total. The van der Waals surface area contributed by atoms with E-state index in [1.54, 1.807) is 91.0 Å². The Kier molecular flexibility index (Phi) is 10.8. The number of nitrogens with one attached hydrogen (secondary N) is 2. The van der Waals surface area contributed by atoms with E-state index in [1.807, 2.05) is 0 Å². The monoisotopic (exact) mass is 630 g/mol. The van der Waals surface area contributed by atoms with Crippen molar-refractivity contribution in [2.45, 2.75) is 0 Å². The largest absolute Gasteiger partial charge is 0.493 e. The van der Waals surface area contributed by atoms with Gasteiger partial charge in [-0.25, -0.2) is 0 Å². The number of halogens is 2. The summed E-state index contributed by atoms with van der Waals surface area (Å²) in [5.41, 5.74) is 2.28. The maximum atomic E-state index is 13.5. The smallest absolute Gasteiger partial charge is 0.272 e. The highest BCUT2D eigenvalue weighted by Gasteiger charge is 2.18. The molecule has 4 aromatic carbocycles. The normalized spacial score (nSPS) is 11.2. The number of amides is 2. The van der Waals surface area contributed by atoms with Crippen molar-refractivity contribution in [1.29, 1.82) is 0 Å². The molecule has 0 radical (unpaired) electrons. The number of hydrogen-bond donors (Lipinski definition) is 2. The molecule has 8 nitrogen and oxygen atoms in total. The van der Waals surface area contributed by atoms with E-state index in [1.165, 1.54) is 33.5 Å². The third kappa shape index (κ3) is 8.06. The van der Waals surface area contributed by atoms with Crippen LogP contribution in [0.5, 0.6) is 17.2 Å². The first-order chi connectivity index (χ1) is 21.2. The van der Waals surface area contributed by atoms with E-state index in [-0.39, 0.29) is 11.5 Å². The number of allylic oxidation sites excluding steroid dienone is 1. The molecular formula is C34H28Cl2N2O6. The summed E-state index contributed by atoms with van der Waals surface area (Å²) in [5, 5.41) is 6.38. The highest BCUT2D eigenvalue weighted by Crippen LogP contribution is 2.38. The van der Waals surface area contributed by atoms with Crippen LogP contribution in [0, 0.1) is 0 Å². The van der Waals surface area contributed by atoms with E-state index in [2.05, 4.69) is 10.6 Å². The Hall–Kier alpha value is -5.05. The molecule has 0 heterocycles. The first-order valence-electron chi connectivity index (χ1n) is 13.2. The van der Waals surface area contributed by atoms with E-state index in [0.717, 1.165) is 0 Å². The lowest BCUT2D eigenvalue weighted by molar-refractivity contribution is -0.113. The fourth-order valence-corrected chi connectivity index (χ4v) is 4.58. The highest BCUT2D eigenvalue weighted by atomic mass is 35.5. The van der Waals surface area contributed by atoms with Crippen molar-refractivity contribution in [3.63, 3.8) is 0 Å². The summed E-state index contributed by atoms with van der Waals surface area (Å²) < 4.78 is 16.2. The molecule has 10 heteroatoms. The Labute approximate surface area is 264 Å². The molecule has 0 aromatic heterocycles. The third-order valence-electron chi connectivity index (χ3n) is 6.33. The number of anilines is 1. The van der Waals surface area contributed by atoms with Crippen molar-refractivity contribution in [1.82, 2.24) is 5.32 Å². The Bertz CT molecular complexity index is 1710. The number of rotatable bonds is 11. The van der Waals surface area contributed by atoms with Gasteiger partial charge in [0, 0.05) is 26.9 Å². The summed E-state index contributed by atoms with van der Waals surface area (Å²) >= 11 is 12.1. The van der Waals surface area contributed by atoms with E-state index in [9.17, 15) is 14.4 Å². The fraction of sp³-hybridized carbons (Fsp3) is 0.0882. The SMILES string of the molecule is COc1cc(/C=C(\NC(=O)c2ccccc2)C(=O)Nc2ccc(C(=O)/C=C/c3ccc(Cl)cc3Cl)cc2)cc(OC)c1OC. The van der Waals surface area contributed by atoms with Crippen LogP contribution in [-0.2, 0) is 4.79 Å². The van der Waals surface area contributed by atoms with E-state index in [4.69, 9.17) is 37.4 Å². The van der Waals surface area contributed by atoms with Gasteiger partial charge in [0.05, 0.1) is 21.3 Å². The Morgan fingerprint density at radius 3 is 2.00 bits per heavy atom. The molecule has 0 fully saturated rings. The van der Waals surface area contributed by atoms with Crippen molar-refractivity contribution in [2.24, 2.45) is 0 Å². The summed E-state index contributed by atoms with van der Waals surface area (Å²) in [6.45, 7) is 0. The van der Waals surface area contributed by atoms with Crippen LogP contribution < -0.4 is 24.8 Å². The van der Waals surface area contributed by atoms with Crippen molar-refractivity contribution >= 4 is 58.6 Å². The lowest BCUT2D eigenvalue weighted by atomic mass is 10.1. The molecule has 0 aliphatic rings. The van der Waals surface area contributed by atoms with Crippen LogP contribution in [0.15, 0.2) is 96.7 Å². The van der Waals surface area contributed by atoms with Gasteiger partial charge in [-0.15, -0.1) is 0 Å². The molecule has 0 aliphatic carbocycles. The average molecular weight is 632 g/mol. The van der Waals surface area contributed by atoms with Gasteiger partial charge in [-0.1, -0.05) is 47.5 Å². The van der Waals surface area contributed by atoms with Gasteiger partial charge in [-0.3, -0.25) is 14.4 Å². The number of methoxy groups -OCH3 is 3. The van der Waals surface area contributed by atoms with Crippen molar-refractivity contribution in [3.05, 3.63) is 129 Å². The predicted octanol–water partition coefficient (Wildman–Crippen LogP) is 7.32. The minimum absolute atomic E-state index is 0.0453. The Morgan fingerprint density at radius 2 is 1.41 bits per heavy atom. The van der Waals surface area contributed by atoms with Crippen LogP contribution in [-0.4, -0.2) is 38.9 Å². The topological polar surface area (TPSA) is 103 Å². The zero-order valence-electron chi connectivity index (χ0n) is 24.0. The Morgan fingerprint density at radius 1 is 0.750 bits per heavy atom. The summed E-state index contributed by atoms with van der Waals surface area (Å²) in [7, 11) is 4.44. The van der Waals surface area contributed by atoms with Crippen molar-refractivity contribution in [3.8, 4) is 17.2 Å². The standard InChI is InChI=1S/C34H28Cl2N2O6/c1-42-30-18-21(19-31(43-2)32(30)44-3)17-28(38-33(40)24-7-5-4-6-8-24)34(41)37-26-14-10-23(11-15-26)29(39)16-12-22-9-13-25(35)20-27(22)36/h4-20H,1-3H3,(H,37,41)(H,38,40)/b16-12+,28-17-. The molecule has 4 rings (SSSR count). The molecule has 0 saturated carbocycles. The number of hydrogen-bond acceptors (Lipinski definition) is 6. The molecule has 0 spiro atoms. The molecular weight excluding hydrogens is 603 g/mol. The zero-order chi connectivity index (χ0) is 31.6. The minimum Gasteiger partial charge on any atom is -0.493 e. The summed E-state index contributed by atoms with van der Waals surface area (Å²) in [5.74, 6) is -0.202. The average Bonchev–Trinajstić information content (AvgIpc) is 3.04. The highest BCUT2D eigenvalue weighted by molar-refractivity contribution is 6.35. The molecule has 4 aromatic rings. The van der Waals surface area contributed by atoms with E-state index >= 15 is 0 Å². The van der Waals surface area contributed by atoms with Gasteiger partial charge in [-0.05, 0) is 90.0 Å². The maximum Gasteiger partial charge on any atom is 0.272 e. The number of carbonyl (C=O) groups is 3. The second-order valence-electron chi connectivity index (χ2n) is 9.23. The molecule has 2 amide bonds. The van der Waals surface area contributed by atoms with Gasteiger partial charge in [-0.2, -0.15) is 0 Å². The molecule has 0 aliphatic heterocycles. The van der Waals surface area contributed by atoms with E-state index < -0.39 is 11.8 Å². The zero-order valence-corrected chi connectivity index (χ0v) is 25.5. The van der Waals surface area contributed by atoms with Gasteiger partial charge in [0.15, 0.2) is 17.3 Å². The van der Waals surface area contributed by atoms with Gasteiger partial charge in [0.1, 0.15) is 5.70 Å². The summed E-state index contributed by atoms with van der Waals surface area (Å²) in [6.07, 6.45) is 4.50. The quantitative estimate of drug-likeness (QED) is 0.133. The predicted molar refractivity (Wildman–Crippen MR) is 173 cm³/mol. The van der Waals surface area contributed by atoms with Crippen molar-refractivity contribution in [2.75, 3.05) is 26.6 Å². The minimum atomic E-state index is -0.598. The van der Waals surface area contributed by atoms with Crippen LogP contribution in [0.25, 0.3) is 12.2 Å². The van der Waals surface area contributed by atoms with Gasteiger partial charge in [0.2, 0.25) is 5.75 Å². The second kappa shape index (κ2) is 14.9. The molecule has 0 bridgehead atoms. The molecule has 0 unspecified atom stereocenters. The van der Waals surface area contributed by atoms with E-state index in [0.29, 0.717) is 55.2 Å². The Balaban J connectivity index is 1.58. The van der Waals surface area contributed by atoms with Crippen LogP contribution in [0.4, 0.5) is 5.69 Å².